The Kier molecular flexibility index (Phi) is 5.26. The third kappa shape index (κ3) is 5.59. The Morgan fingerprint density at radius 3 is 2.86 bits per heavy atom. The summed E-state index contributed by atoms with van der Waals surface area (Å²) in [5.74, 6) is 0. The Bertz CT molecular complexity index is 47.0. The lowest BCUT2D eigenvalue weighted by Gasteiger charge is -1.87. The fraction of sp³-hybridized carbons (Fsp3) is 0.750. The maximum absolute atomic E-state index is 9.45. The summed E-state index contributed by atoms with van der Waals surface area (Å²) in [5, 5.41) is 7.91. The van der Waals surface area contributed by atoms with Crippen molar-refractivity contribution in [3.05, 3.63) is 0 Å². The van der Waals surface area contributed by atoms with E-state index in [4.69, 9.17) is 5.21 Å². The molecule has 0 heterocycles. The summed E-state index contributed by atoms with van der Waals surface area (Å²) in [5.41, 5.74) is 1.92. The van der Waals surface area contributed by atoms with Crippen LogP contribution in [0.5, 0.6) is 0 Å². The molecule has 3 heteroatoms. The highest BCUT2D eigenvalue weighted by molar-refractivity contribution is 5.50. The number of hydroxylamine groups is 1. The zero-order valence-electron chi connectivity index (χ0n) is 3.98. The Balaban J connectivity index is 2.56. The van der Waals surface area contributed by atoms with Crippen LogP contribution in [0.2, 0.25) is 0 Å². The maximum Gasteiger partial charge on any atom is 0.198 e. The van der Waals surface area contributed by atoms with Gasteiger partial charge in [-0.15, -0.1) is 0 Å². The molecular formula is C4H8NO2. The largest absolute Gasteiger partial charge is 0.317 e. The Morgan fingerprint density at radius 2 is 2.43 bits per heavy atom. The van der Waals surface area contributed by atoms with Crippen molar-refractivity contribution >= 4 is 6.29 Å². The van der Waals surface area contributed by atoms with E-state index < -0.39 is 0 Å². The zero-order valence-corrected chi connectivity index (χ0v) is 3.98. The molecule has 0 spiro atoms. The minimum Gasteiger partial charge on any atom is -0.317 e. The number of carbonyl (C=O) groups excluding carboxylic acids is 1. The minimum atomic E-state index is 0.396. The van der Waals surface area contributed by atoms with E-state index in [1.165, 1.54) is 0 Å². The van der Waals surface area contributed by atoms with Gasteiger partial charge in [-0.25, -0.2) is 5.48 Å². The fourth-order valence-corrected chi connectivity index (χ4v) is 0.240. The second-order valence-electron chi connectivity index (χ2n) is 1.16. The summed E-state index contributed by atoms with van der Waals surface area (Å²) in [4.78, 5) is 9.45. The van der Waals surface area contributed by atoms with Crippen LogP contribution in [0.4, 0.5) is 0 Å². The van der Waals surface area contributed by atoms with Crippen LogP contribution >= 0.6 is 0 Å². The molecule has 0 aliphatic rings. The first-order valence-electron chi connectivity index (χ1n) is 2.13. The van der Waals surface area contributed by atoms with E-state index in [-0.39, 0.29) is 0 Å². The lowest BCUT2D eigenvalue weighted by molar-refractivity contribution is 0.166. The quantitative estimate of drug-likeness (QED) is 0.383. The van der Waals surface area contributed by atoms with Crippen molar-refractivity contribution in [3.8, 4) is 0 Å². The van der Waals surface area contributed by atoms with Gasteiger partial charge in [-0.05, 0) is 6.42 Å². The molecule has 7 heavy (non-hydrogen) atoms. The summed E-state index contributed by atoms with van der Waals surface area (Å²) in [7, 11) is 0. The number of hydrogen-bond acceptors (Lipinski definition) is 3. The van der Waals surface area contributed by atoms with Crippen LogP contribution in [0.1, 0.15) is 12.8 Å². The average molecular weight is 102 g/mol. The van der Waals surface area contributed by atoms with Gasteiger partial charge in [0.05, 0.1) is 0 Å². The van der Waals surface area contributed by atoms with Crippen molar-refractivity contribution in [2.45, 2.75) is 12.8 Å². The third-order valence-electron chi connectivity index (χ3n) is 0.567. The molecule has 0 aliphatic carbocycles. The highest BCUT2D eigenvalue weighted by Gasteiger charge is 1.81. The molecule has 0 atom stereocenters. The van der Waals surface area contributed by atoms with Crippen LogP contribution in [-0.2, 0) is 4.79 Å². The molecule has 0 saturated heterocycles. The summed E-state index contributed by atoms with van der Waals surface area (Å²) in [6.07, 6.45) is 2.75. The molecule has 41 valence electrons. The smallest absolute Gasteiger partial charge is 0.198 e. The van der Waals surface area contributed by atoms with Crippen molar-refractivity contribution in [3.63, 3.8) is 0 Å². The predicted octanol–water partition coefficient (Wildman–Crippen LogP) is -0.145. The average Bonchev–Trinajstić information content (AvgIpc) is 1.69. The predicted molar refractivity (Wildman–Crippen MR) is 24.7 cm³/mol. The monoisotopic (exact) mass is 102 g/mol. The van der Waals surface area contributed by atoms with Crippen LogP contribution in [0.15, 0.2) is 0 Å². The first kappa shape index (κ1) is 6.59. The number of hydrogen-bond donors (Lipinski definition) is 2. The van der Waals surface area contributed by atoms with Crippen LogP contribution in [0, 0.1) is 0 Å². The van der Waals surface area contributed by atoms with E-state index in [9.17, 15) is 4.79 Å². The molecule has 0 unspecified atom stereocenters. The van der Waals surface area contributed by atoms with Crippen LogP contribution in [0.25, 0.3) is 0 Å². The number of unbranched alkanes of at least 4 members (excludes halogenated alkanes) is 1. The first-order chi connectivity index (χ1) is 3.41. The molecule has 2 N–H and O–H groups in total. The minimum absolute atomic E-state index is 0.396. The van der Waals surface area contributed by atoms with Gasteiger partial charge in [-0.1, -0.05) is 0 Å². The van der Waals surface area contributed by atoms with E-state index in [2.05, 4.69) is 0 Å². The fourth-order valence-electron chi connectivity index (χ4n) is 0.240. The van der Waals surface area contributed by atoms with Gasteiger partial charge < -0.3 is 5.21 Å². The van der Waals surface area contributed by atoms with E-state index >= 15 is 0 Å². The van der Waals surface area contributed by atoms with Crippen LogP contribution < -0.4 is 5.48 Å². The van der Waals surface area contributed by atoms with Gasteiger partial charge >= 0.3 is 0 Å². The van der Waals surface area contributed by atoms with Crippen LogP contribution in [0.3, 0.4) is 0 Å². The Hall–Kier alpha value is -0.410. The molecule has 0 aromatic heterocycles. The second-order valence-corrected chi connectivity index (χ2v) is 1.16. The molecular weight excluding hydrogens is 94.0 g/mol. The van der Waals surface area contributed by atoms with Gasteiger partial charge in [0, 0.05) is 13.0 Å². The van der Waals surface area contributed by atoms with Crippen molar-refractivity contribution in [2.75, 3.05) is 6.54 Å². The van der Waals surface area contributed by atoms with E-state index in [0.717, 1.165) is 0 Å². The lowest BCUT2D eigenvalue weighted by Crippen LogP contribution is -2.07. The van der Waals surface area contributed by atoms with Crippen molar-refractivity contribution in [1.82, 2.24) is 5.48 Å². The van der Waals surface area contributed by atoms with Crippen molar-refractivity contribution in [2.24, 2.45) is 0 Å². The molecule has 0 aliphatic heterocycles. The maximum atomic E-state index is 9.45. The first-order valence-corrected chi connectivity index (χ1v) is 2.13. The second kappa shape index (κ2) is 5.59. The summed E-state index contributed by atoms with van der Waals surface area (Å²) >= 11 is 0. The molecule has 1 radical (unpaired) electrons. The van der Waals surface area contributed by atoms with E-state index in [1.54, 1.807) is 6.29 Å². The SMILES string of the molecule is O=[C]CCCNO. The highest BCUT2D eigenvalue weighted by Crippen LogP contribution is 1.77. The number of rotatable bonds is 4. The molecule has 0 aromatic rings. The summed E-state index contributed by atoms with van der Waals surface area (Å²) < 4.78 is 0. The van der Waals surface area contributed by atoms with Gasteiger partial charge in [-0.2, -0.15) is 0 Å². The van der Waals surface area contributed by atoms with E-state index in [0.29, 0.717) is 19.4 Å². The van der Waals surface area contributed by atoms with Crippen molar-refractivity contribution < 1.29 is 10.0 Å². The van der Waals surface area contributed by atoms with Gasteiger partial charge in [0.1, 0.15) is 0 Å². The summed E-state index contributed by atoms with van der Waals surface area (Å²) in [6, 6.07) is 0. The molecule has 0 aromatic carbocycles. The van der Waals surface area contributed by atoms with Gasteiger partial charge in [0.2, 0.25) is 0 Å². The molecule has 0 bridgehead atoms. The highest BCUT2D eigenvalue weighted by atomic mass is 16.5. The van der Waals surface area contributed by atoms with E-state index in [1.807, 2.05) is 5.48 Å². The molecule has 0 amide bonds. The Labute approximate surface area is 42.3 Å². The van der Waals surface area contributed by atoms with Crippen LogP contribution in [-0.4, -0.2) is 18.0 Å². The molecule has 0 fully saturated rings. The molecule has 0 saturated carbocycles. The Morgan fingerprint density at radius 1 is 1.71 bits per heavy atom. The standard InChI is InChI=1S/C4H8NO2/c6-4-2-1-3-5-7/h5,7H,1-3H2. The van der Waals surface area contributed by atoms with Gasteiger partial charge in [-0.3, -0.25) is 4.79 Å². The molecule has 0 rings (SSSR count). The normalized spacial score (nSPS) is 8.71. The zero-order chi connectivity index (χ0) is 5.54. The summed E-state index contributed by atoms with van der Waals surface area (Å²) in [6.45, 7) is 0.468. The third-order valence-corrected chi connectivity index (χ3v) is 0.567. The topological polar surface area (TPSA) is 49.3 Å². The molecule has 3 nitrogen and oxygen atoms in total. The van der Waals surface area contributed by atoms with Crippen molar-refractivity contribution in [1.29, 1.82) is 0 Å². The number of nitrogens with one attached hydrogen (secondary N) is 1. The van der Waals surface area contributed by atoms with Gasteiger partial charge in [0.25, 0.3) is 0 Å². The lowest BCUT2D eigenvalue weighted by atomic mass is 10.3. The van der Waals surface area contributed by atoms with Gasteiger partial charge in [0.15, 0.2) is 6.29 Å².